The van der Waals surface area contributed by atoms with Gasteiger partial charge in [-0.1, -0.05) is 26.7 Å². The van der Waals surface area contributed by atoms with E-state index in [2.05, 4.69) is 19.2 Å². The second kappa shape index (κ2) is 6.19. The molecule has 1 heterocycles. The highest BCUT2D eigenvalue weighted by Crippen LogP contribution is 2.43. The highest BCUT2D eigenvalue weighted by atomic mass is 16.5. The lowest BCUT2D eigenvalue weighted by atomic mass is 9.67. The summed E-state index contributed by atoms with van der Waals surface area (Å²) in [6.45, 7) is 6.81. The molecule has 0 aromatic heterocycles. The molecule has 2 unspecified atom stereocenters. The number of ether oxygens (including phenoxy) is 1. The van der Waals surface area contributed by atoms with Gasteiger partial charge in [0.2, 0.25) is 0 Å². The molecule has 0 bridgehead atoms. The molecule has 0 radical (unpaired) electrons. The van der Waals surface area contributed by atoms with Gasteiger partial charge in [0.05, 0.1) is 6.10 Å². The van der Waals surface area contributed by atoms with Gasteiger partial charge < -0.3 is 10.1 Å². The first-order valence-corrected chi connectivity index (χ1v) is 7.63. The van der Waals surface area contributed by atoms with Crippen LogP contribution in [0.4, 0.5) is 0 Å². The van der Waals surface area contributed by atoms with Gasteiger partial charge in [0.1, 0.15) is 0 Å². The zero-order valence-electron chi connectivity index (χ0n) is 11.6. The minimum atomic E-state index is 0.519. The summed E-state index contributed by atoms with van der Waals surface area (Å²) in [6.07, 6.45) is 11.1. The van der Waals surface area contributed by atoms with Crippen LogP contribution in [0.15, 0.2) is 0 Å². The van der Waals surface area contributed by atoms with Crippen molar-refractivity contribution in [3.05, 3.63) is 0 Å². The molecule has 17 heavy (non-hydrogen) atoms. The predicted octanol–water partition coefficient (Wildman–Crippen LogP) is 3.50. The first-order valence-electron chi connectivity index (χ1n) is 7.63. The van der Waals surface area contributed by atoms with E-state index in [0.29, 0.717) is 17.6 Å². The van der Waals surface area contributed by atoms with Crippen LogP contribution in [0.1, 0.15) is 65.2 Å². The largest absolute Gasteiger partial charge is 0.378 e. The molecule has 2 nitrogen and oxygen atoms in total. The lowest BCUT2D eigenvalue weighted by Crippen LogP contribution is -2.46. The summed E-state index contributed by atoms with van der Waals surface area (Å²) >= 11 is 0. The highest BCUT2D eigenvalue weighted by molar-refractivity contribution is 4.90. The van der Waals surface area contributed by atoms with Gasteiger partial charge in [-0.3, -0.25) is 0 Å². The number of hydrogen-bond acceptors (Lipinski definition) is 2. The third-order valence-electron chi connectivity index (χ3n) is 4.91. The molecule has 2 fully saturated rings. The molecule has 2 heteroatoms. The molecule has 2 atom stereocenters. The first kappa shape index (κ1) is 13.4. The van der Waals surface area contributed by atoms with Crippen LogP contribution < -0.4 is 5.32 Å². The van der Waals surface area contributed by atoms with E-state index >= 15 is 0 Å². The molecule has 1 N–H and O–H groups in total. The first-order chi connectivity index (χ1) is 8.28. The summed E-state index contributed by atoms with van der Waals surface area (Å²) in [5.41, 5.74) is 0.651. The Bertz CT molecular complexity index is 217. The van der Waals surface area contributed by atoms with Crippen LogP contribution in [-0.4, -0.2) is 25.3 Å². The van der Waals surface area contributed by atoms with E-state index in [1.165, 1.54) is 57.9 Å². The van der Waals surface area contributed by atoms with Crippen molar-refractivity contribution in [1.82, 2.24) is 5.32 Å². The number of hydrogen-bond donors (Lipinski definition) is 1. The van der Waals surface area contributed by atoms with Crippen molar-refractivity contribution in [3.63, 3.8) is 0 Å². The minimum Gasteiger partial charge on any atom is -0.378 e. The van der Waals surface area contributed by atoms with Crippen molar-refractivity contribution < 1.29 is 4.74 Å². The maximum absolute atomic E-state index is 5.81. The Morgan fingerprint density at radius 1 is 1.29 bits per heavy atom. The fourth-order valence-electron chi connectivity index (χ4n) is 3.28. The van der Waals surface area contributed by atoms with E-state index in [0.717, 1.165) is 6.61 Å². The van der Waals surface area contributed by atoms with Gasteiger partial charge in [0.25, 0.3) is 0 Å². The molecule has 0 amide bonds. The molecular formula is C15H29NO. The average molecular weight is 239 g/mol. The van der Waals surface area contributed by atoms with Gasteiger partial charge in [-0.2, -0.15) is 0 Å². The normalized spacial score (nSPS) is 32.1. The van der Waals surface area contributed by atoms with E-state index in [-0.39, 0.29) is 0 Å². The van der Waals surface area contributed by atoms with Crippen LogP contribution in [0.3, 0.4) is 0 Å². The van der Waals surface area contributed by atoms with Crippen LogP contribution >= 0.6 is 0 Å². The van der Waals surface area contributed by atoms with E-state index in [4.69, 9.17) is 4.74 Å². The summed E-state index contributed by atoms with van der Waals surface area (Å²) in [4.78, 5) is 0. The van der Waals surface area contributed by atoms with Crippen molar-refractivity contribution in [1.29, 1.82) is 0 Å². The van der Waals surface area contributed by atoms with E-state index in [1.807, 2.05) is 0 Å². The average Bonchev–Trinajstić information content (AvgIpc) is 2.29. The van der Waals surface area contributed by atoms with Gasteiger partial charge in [0, 0.05) is 19.2 Å². The maximum Gasteiger partial charge on any atom is 0.0589 e. The fourth-order valence-corrected chi connectivity index (χ4v) is 3.28. The van der Waals surface area contributed by atoms with Crippen LogP contribution in [-0.2, 0) is 4.74 Å². The second-order valence-corrected chi connectivity index (χ2v) is 6.09. The van der Waals surface area contributed by atoms with Crippen molar-refractivity contribution >= 4 is 0 Å². The smallest absolute Gasteiger partial charge is 0.0589 e. The van der Waals surface area contributed by atoms with Gasteiger partial charge >= 0.3 is 0 Å². The lowest BCUT2D eigenvalue weighted by molar-refractivity contribution is -0.00734. The standard InChI is InChI=1S/C15H29NO/c1-3-6-14-11-13(7-10-17-14)16-12-15(4-2)8-5-9-15/h13-14,16H,3-12H2,1-2H3. The van der Waals surface area contributed by atoms with Crippen molar-refractivity contribution in [2.75, 3.05) is 13.2 Å². The van der Waals surface area contributed by atoms with E-state index in [9.17, 15) is 0 Å². The summed E-state index contributed by atoms with van der Waals surface area (Å²) < 4.78 is 5.81. The minimum absolute atomic E-state index is 0.519. The van der Waals surface area contributed by atoms with E-state index in [1.54, 1.807) is 0 Å². The summed E-state index contributed by atoms with van der Waals surface area (Å²) in [7, 11) is 0. The van der Waals surface area contributed by atoms with Crippen LogP contribution in [0, 0.1) is 5.41 Å². The van der Waals surface area contributed by atoms with Gasteiger partial charge in [-0.05, 0) is 43.9 Å². The Labute approximate surface area is 107 Å². The molecule has 1 aliphatic carbocycles. The monoisotopic (exact) mass is 239 g/mol. The van der Waals surface area contributed by atoms with Crippen LogP contribution in [0.25, 0.3) is 0 Å². The molecule has 100 valence electrons. The Morgan fingerprint density at radius 2 is 2.12 bits per heavy atom. The molecule has 2 rings (SSSR count). The third-order valence-corrected chi connectivity index (χ3v) is 4.91. The Hall–Kier alpha value is -0.0800. The number of nitrogens with one attached hydrogen (secondary N) is 1. The van der Waals surface area contributed by atoms with Crippen LogP contribution in [0.5, 0.6) is 0 Å². The molecule has 1 saturated heterocycles. The molecule has 0 aromatic rings. The molecule has 2 aliphatic rings. The van der Waals surface area contributed by atoms with Gasteiger partial charge in [-0.15, -0.1) is 0 Å². The molecule has 0 spiro atoms. The molecule has 1 aliphatic heterocycles. The SMILES string of the molecule is CCCC1CC(NCC2(CC)CCC2)CCO1. The zero-order valence-corrected chi connectivity index (χ0v) is 11.6. The highest BCUT2D eigenvalue weighted by Gasteiger charge is 2.35. The second-order valence-electron chi connectivity index (χ2n) is 6.09. The Balaban J connectivity index is 1.71. The van der Waals surface area contributed by atoms with Gasteiger partial charge in [-0.25, -0.2) is 0 Å². The van der Waals surface area contributed by atoms with Crippen molar-refractivity contribution in [2.24, 2.45) is 5.41 Å². The van der Waals surface area contributed by atoms with Crippen LogP contribution in [0.2, 0.25) is 0 Å². The molecule has 1 saturated carbocycles. The zero-order chi connectivity index (χ0) is 12.1. The quantitative estimate of drug-likeness (QED) is 0.766. The molecule has 0 aromatic carbocycles. The summed E-state index contributed by atoms with van der Waals surface area (Å²) in [6, 6.07) is 0.712. The number of rotatable bonds is 6. The topological polar surface area (TPSA) is 21.3 Å². The Kier molecular flexibility index (Phi) is 4.87. The predicted molar refractivity (Wildman–Crippen MR) is 72.2 cm³/mol. The van der Waals surface area contributed by atoms with Crippen molar-refractivity contribution in [2.45, 2.75) is 77.4 Å². The summed E-state index contributed by atoms with van der Waals surface area (Å²) in [5, 5.41) is 3.82. The summed E-state index contributed by atoms with van der Waals surface area (Å²) in [5.74, 6) is 0. The van der Waals surface area contributed by atoms with Crippen molar-refractivity contribution in [3.8, 4) is 0 Å². The van der Waals surface area contributed by atoms with E-state index < -0.39 is 0 Å². The molecular weight excluding hydrogens is 210 g/mol. The lowest BCUT2D eigenvalue weighted by Gasteiger charge is -2.43. The Morgan fingerprint density at radius 3 is 2.71 bits per heavy atom. The third kappa shape index (κ3) is 3.45. The van der Waals surface area contributed by atoms with Gasteiger partial charge in [0.15, 0.2) is 0 Å². The fraction of sp³-hybridized carbons (Fsp3) is 1.00. The maximum atomic E-state index is 5.81.